The summed E-state index contributed by atoms with van der Waals surface area (Å²) in [6, 6.07) is 2.18. The van der Waals surface area contributed by atoms with Gasteiger partial charge in [0, 0.05) is 0 Å². The van der Waals surface area contributed by atoms with Crippen molar-refractivity contribution < 1.29 is 12.8 Å². The lowest BCUT2D eigenvalue weighted by molar-refractivity contribution is 0.599. The normalized spacial score (nSPS) is 11.5. The molecule has 0 aliphatic rings. The number of aromatic nitrogens is 2. The zero-order chi connectivity index (χ0) is 14.2. The van der Waals surface area contributed by atoms with E-state index in [9.17, 15) is 12.8 Å². The molecular formula is C8H5Cl2FN4O2S2. The number of anilines is 2. The molecule has 2 aromatic rings. The van der Waals surface area contributed by atoms with Crippen LogP contribution in [0.1, 0.15) is 0 Å². The van der Waals surface area contributed by atoms with E-state index in [1.807, 2.05) is 0 Å². The van der Waals surface area contributed by atoms with Gasteiger partial charge in [-0.3, -0.25) is 4.72 Å². The Hall–Kier alpha value is -1.16. The molecule has 1 aromatic heterocycles. The number of nitrogen functional groups attached to an aromatic ring is 1. The number of hydrogen-bond donors (Lipinski definition) is 2. The van der Waals surface area contributed by atoms with Gasteiger partial charge in [-0.1, -0.05) is 34.5 Å². The van der Waals surface area contributed by atoms with Gasteiger partial charge in [0.25, 0.3) is 14.4 Å². The van der Waals surface area contributed by atoms with E-state index in [0.717, 1.165) is 12.1 Å². The summed E-state index contributed by atoms with van der Waals surface area (Å²) >= 11 is 11.8. The van der Waals surface area contributed by atoms with Gasteiger partial charge in [-0.15, -0.1) is 10.2 Å². The molecule has 0 spiro atoms. The van der Waals surface area contributed by atoms with Gasteiger partial charge in [0.05, 0.1) is 15.7 Å². The highest BCUT2D eigenvalue weighted by Crippen LogP contribution is 2.29. The number of nitrogens with zero attached hydrogens (tertiary/aromatic N) is 2. The molecule has 0 saturated carbocycles. The topological polar surface area (TPSA) is 98.0 Å². The Labute approximate surface area is 121 Å². The molecule has 0 atom stereocenters. The zero-order valence-corrected chi connectivity index (χ0v) is 12.0. The van der Waals surface area contributed by atoms with Crippen molar-refractivity contribution in [1.82, 2.24) is 10.2 Å². The smallest absolute Gasteiger partial charge is 0.291 e. The number of rotatable bonds is 3. The van der Waals surface area contributed by atoms with E-state index in [0.29, 0.717) is 11.3 Å². The summed E-state index contributed by atoms with van der Waals surface area (Å²) in [5.41, 5.74) is 5.30. The van der Waals surface area contributed by atoms with Crippen molar-refractivity contribution >= 4 is 55.4 Å². The maximum absolute atomic E-state index is 13.2. The fraction of sp³-hybridized carbons (Fsp3) is 0. The number of hydrogen-bond acceptors (Lipinski definition) is 6. The zero-order valence-electron chi connectivity index (χ0n) is 8.89. The third-order valence-electron chi connectivity index (χ3n) is 1.89. The molecule has 2 rings (SSSR count). The minimum Gasteiger partial charge on any atom is -0.374 e. The highest BCUT2D eigenvalue weighted by atomic mass is 35.5. The lowest BCUT2D eigenvalue weighted by Gasteiger charge is -2.06. The van der Waals surface area contributed by atoms with Gasteiger partial charge in [-0.05, 0) is 12.1 Å². The minimum atomic E-state index is -3.96. The third kappa shape index (κ3) is 3.06. The summed E-state index contributed by atoms with van der Waals surface area (Å²) in [7, 11) is -3.96. The van der Waals surface area contributed by atoms with Gasteiger partial charge < -0.3 is 5.73 Å². The van der Waals surface area contributed by atoms with E-state index in [-0.39, 0.29) is 25.2 Å². The molecular weight excluding hydrogens is 338 g/mol. The van der Waals surface area contributed by atoms with Gasteiger partial charge in [0.1, 0.15) is 0 Å². The van der Waals surface area contributed by atoms with Gasteiger partial charge in [-0.25, -0.2) is 4.39 Å². The van der Waals surface area contributed by atoms with Crippen molar-refractivity contribution in [1.29, 1.82) is 0 Å². The van der Waals surface area contributed by atoms with Crippen molar-refractivity contribution in [2.45, 2.75) is 4.34 Å². The Kier molecular flexibility index (Phi) is 3.81. The largest absolute Gasteiger partial charge is 0.374 e. The number of halogens is 3. The van der Waals surface area contributed by atoms with Crippen LogP contribution in [0.25, 0.3) is 0 Å². The van der Waals surface area contributed by atoms with Crippen LogP contribution in [0.2, 0.25) is 10.0 Å². The third-order valence-corrected chi connectivity index (χ3v) is 4.94. The first kappa shape index (κ1) is 14.3. The van der Waals surface area contributed by atoms with Crippen LogP contribution in [-0.4, -0.2) is 18.6 Å². The molecule has 0 saturated heterocycles. The number of benzene rings is 1. The van der Waals surface area contributed by atoms with E-state index in [2.05, 4.69) is 14.9 Å². The summed E-state index contributed by atoms with van der Waals surface area (Å²) in [6.45, 7) is 0. The predicted octanol–water partition coefficient (Wildman–Crippen LogP) is 2.37. The molecule has 3 N–H and O–H groups in total. The van der Waals surface area contributed by atoms with E-state index >= 15 is 0 Å². The second-order valence-electron chi connectivity index (χ2n) is 3.27. The highest BCUT2D eigenvalue weighted by molar-refractivity contribution is 7.94. The maximum atomic E-state index is 13.2. The Morgan fingerprint density at radius 3 is 2.32 bits per heavy atom. The van der Waals surface area contributed by atoms with E-state index in [1.54, 1.807) is 0 Å². The summed E-state index contributed by atoms with van der Waals surface area (Å²) in [4.78, 5) is 0. The fourth-order valence-corrected chi connectivity index (χ4v) is 3.46. The first-order chi connectivity index (χ1) is 8.79. The quantitative estimate of drug-likeness (QED) is 0.834. The molecule has 0 aliphatic carbocycles. The first-order valence-electron chi connectivity index (χ1n) is 4.56. The molecule has 0 aliphatic heterocycles. The van der Waals surface area contributed by atoms with Crippen molar-refractivity contribution in [2.24, 2.45) is 0 Å². The Balaban J connectivity index is 2.36. The maximum Gasteiger partial charge on any atom is 0.291 e. The van der Waals surface area contributed by atoms with Crippen LogP contribution < -0.4 is 10.5 Å². The molecule has 0 bridgehead atoms. The molecule has 1 heterocycles. The second-order valence-corrected chi connectivity index (χ2v) is 6.95. The lowest BCUT2D eigenvalue weighted by Crippen LogP contribution is -2.12. The molecule has 11 heteroatoms. The van der Waals surface area contributed by atoms with Crippen LogP contribution in [0.3, 0.4) is 0 Å². The minimum absolute atomic E-state index is 0.00479. The van der Waals surface area contributed by atoms with Gasteiger partial charge in [0.2, 0.25) is 5.13 Å². The van der Waals surface area contributed by atoms with Gasteiger partial charge >= 0.3 is 0 Å². The molecule has 0 radical (unpaired) electrons. The Morgan fingerprint density at radius 2 is 1.84 bits per heavy atom. The number of nitrogens with one attached hydrogen (secondary N) is 1. The molecule has 102 valence electrons. The highest BCUT2D eigenvalue weighted by Gasteiger charge is 2.20. The standard InChI is InChI=1S/C8H5Cl2FN4O2S2/c9-4-1-3(2-5(10)6(4)11)15-19(16,17)8-14-13-7(12)18-8/h1-2,15H,(H2,12,13). The van der Waals surface area contributed by atoms with Gasteiger partial charge in [0.15, 0.2) is 5.82 Å². The molecule has 6 nitrogen and oxygen atoms in total. The molecule has 1 aromatic carbocycles. The van der Waals surface area contributed by atoms with Crippen LogP contribution in [0.5, 0.6) is 0 Å². The van der Waals surface area contributed by atoms with Crippen molar-refractivity contribution in [3.8, 4) is 0 Å². The SMILES string of the molecule is Nc1nnc(S(=O)(=O)Nc2cc(Cl)c(F)c(Cl)c2)s1. The van der Waals surface area contributed by atoms with Crippen molar-refractivity contribution in [2.75, 3.05) is 10.5 Å². The summed E-state index contributed by atoms with van der Waals surface area (Å²) in [6.07, 6.45) is 0. The number of nitrogens with two attached hydrogens (primary N) is 1. The lowest BCUT2D eigenvalue weighted by atomic mass is 10.3. The van der Waals surface area contributed by atoms with E-state index < -0.39 is 15.8 Å². The Bertz CT molecular complexity index is 711. The molecule has 0 unspecified atom stereocenters. The molecule has 0 amide bonds. The van der Waals surface area contributed by atoms with Crippen LogP contribution in [0, 0.1) is 5.82 Å². The van der Waals surface area contributed by atoms with Crippen LogP contribution in [-0.2, 0) is 10.0 Å². The predicted molar refractivity (Wildman–Crippen MR) is 71.5 cm³/mol. The number of sulfonamides is 1. The average molecular weight is 343 g/mol. The summed E-state index contributed by atoms with van der Waals surface area (Å²) in [5.74, 6) is -0.827. The van der Waals surface area contributed by atoms with Crippen LogP contribution >= 0.6 is 34.5 Å². The van der Waals surface area contributed by atoms with E-state index in [4.69, 9.17) is 28.9 Å². The fourth-order valence-electron chi connectivity index (χ4n) is 1.14. The van der Waals surface area contributed by atoms with Crippen LogP contribution in [0.15, 0.2) is 16.5 Å². The Morgan fingerprint density at radius 1 is 1.26 bits per heavy atom. The first-order valence-corrected chi connectivity index (χ1v) is 7.61. The molecule has 0 fully saturated rings. The van der Waals surface area contributed by atoms with E-state index in [1.165, 1.54) is 0 Å². The summed E-state index contributed by atoms with van der Waals surface area (Å²) in [5, 5.41) is 6.19. The molecule has 19 heavy (non-hydrogen) atoms. The van der Waals surface area contributed by atoms with Crippen LogP contribution in [0.4, 0.5) is 15.2 Å². The average Bonchev–Trinajstić information content (AvgIpc) is 2.73. The van der Waals surface area contributed by atoms with Gasteiger partial charge in [-0.2, -0.15) is 8.42 Å². The van der Waals surface area contributed by atoms with Crippen molar-refractivity contribution in [3.05, 3.63) is 28.0 Å². The second kappa shape index (κ2) is 5.08. The monoisotopic (exact) mass is 342 g/mol. The summed E-state index contributed by atoms with van der Waals surface area (Å²) < 4.78 is 38.8. The van der Waals surface area contributed by atoms with Crippen molar-refractivity contribution in [3.63, 3.8) is 0 Å².